The van der Waals surface area contributed by atoms with E-state index in [1.165, 1.54) is 12.1 Å². The second-order valence-electron chi connectivity index (χ2n) is 2.24. The first-order chi connectivity index (χ1) is 5.75. The molecule has 0 aliphatic heterocycles. The number of hydrogen-bond acceptors (Lipinski definition) is 3. The van der Waals surface area contributed by atoms with Crippen LogP contribution in [0.1, 0.15) is 17.3 Å². The van der Waals surface area contributed by atoms with Gasteiger partial charge in [0.15, 0.2) is 0 Å². The average Bonchev–Trinajstić information content (AvgIpc) is 2.05. The smallest absolute Gasteiger partial charge is 0.341 e. The zero-order valence-corrected chi connectivity index (χ0v) is 10.5. The zero-order chi connectivity index (χ0) is 8.97. The maximum absolute atomic E-state index is 11.1. The molecule has 1 N–H and O–H groups in total. The number of phenols is 1. The molecule has 0 fully saturated rings. The normalized spacial score (nSPS) is 8.69. The molecule has 1 aromatic carbocycles. The molecule has 0 unspecified atom stereocenters. The standard InChI is InChI=1S/C9H10O3.Zn/c1-2-12-9(11)7-5-3-4-6-8(7)10;/h3-6,10H,2H2,1H3;. The number of esters is 1. The first-order valence-corrected chi connectivity index (χ1v) is 3.70. The molecule has 4 heteroatoms. The summed E-state index contributed by atoms with van der Waals surface area (Å²) in [5.74, 6) is -0.536. The van der Waals surface area contributed by atoms with Gasteiger partial charge in [0.25, 0.3) is 0 Å². The molecule has 13 heavy (non-hydrogen) atoms. The van der Waals surface area contributed by atoms with Crippen LogP contribution in [0.4, 0.5) is 0 Å². The number of carbonyl (C=O) groups is 1. The minimum absolute atomic E-state index is 0. The maximum atomic E-state index is 11.1. The van der Waals surface area contributed by atoms with Gasteiger partial charge in [-0.2, -0.15) is 0 Å². The van der Waals surface area contributed by atoms with Gasteiger partial charge in [0.2, 0.25) is 0 Å². The van der Waals surface area contributed by atoms with Gasteiger partial charge in [-0.15, -0.1) is 0 Å². The quantitative estimate of drug-likeness (QED) is 0.621. The van der Waals surface area contributed by atoms with Crippen molar-refractivity contribution in [3.63, 3.8) is 0 Å². The molecule has 0 radical (unpaired) electrons. The van der Waals surface area contributed by atoms with Gasteiger partial charge in [-0.05, 0) is 19.1 Å². The largest absolute Gasteiger partial charge is 0.507 e. The average molecular weight is 232 g/mol. The summed E-state index contributed by atoms with van der Waals surface area (Å²) in [6, 6.07) is 6.30. The minimum Gasteiger partial charge on any atom is -0.507 e. The SMILES string of the molecule is CCOC(=O)c1ccccc1O.[Zn]. The molecular weight excluding hydrogens is 221 g/mol. The van der Waals surface area contributed by atoms with Crippen LogP contribution >= 0.6 is 0 Å². The first kappa shape index (κ1) is 12.1. The molecule has 0 atom stereocenters. The van der Waals surface area contributed by atoms with Gasteiger partial charge in [-0.1, -0.05) is 12.1 Å². The van der Waals surface area contributed by atoms with Crippen molar-refractivity contribution in [2.45, 2.75) is 6.92 Å². The Morgan fingerprint density at radius 1 is 1.46 bits per heavy atom. The molecular formula is C9H10O3Zn. The molecule has 0 aliphatic rings. The van der Waals surface area contributed by atoms with Crippen LogP contribution in [0.15, 0.2) is 24.3 Å². The van der Waals surface area contributed by atoms with Crippen molar-refractivity contribution in [2.75, 3.05) is 6.61 Å². The van der Waals surface area contributed by atoms with Crippen LogP contribution in [-0.4, -0.2) is 17.7 Å². The molecule has 66 valence electrons. The van der Waals surface area contributed by atoms with Gasteiger partial charge in [0.1, 0.15) is 11.3 Å². The molecule has 1 rings (SSSR count). The third-order valence-corrected chi connectivity index (χ3v) is 1.40. The number of ether oxygens (including phenoxy) is 1. The number of hydrogen-bond donors (Lipinski definition) is 1. The van der Waals surface area contributed by atoms with E-state index >= 15 is 0 Å². The van der Waals surface area contributed by atoms with E-state index in [9.17, 15) is 9.90 Å². The van der Waals surface area contributed by atoms with Crippen LogP contribution in [-0.2, 0) is 24.2 Å². The van der Waals surface area contributed by atoms with Crippen molar-refractivity contribution in [3.8, 4) is 5.75 Å². The molecule has 0 aliphatic carbocycles. The van der Waals surface area contributed by atoms with Crippen LogP contribution in [0.5, 0.6) is 5.75 Å². The third kappa shape index (κ3) is 3.15. The van der Waals surface area contributed by atoms with Crippen molar-refractivity contribution < 1.29 is 34.1 Å². The molecule has 1 aromatic rings. The van der Waals surface area contributed by atoms with Crippen LogP contribution in [0.3, 0.4) is 0 Å². The fourth-order valence-corrected chi connectivity index (χ4v) is 0.855. The van der Waals surface area contributed by atoms with E-state index < -0.39 is 5.97 Å². The van der Waals surface area contributed by atoms with E-state index in [4.69, 9.17) is 4.74 Å². The van der Waals surface area contributed by atoms with E-state index in [1.807, 2.05) is 0 Å². The van der Waals surface area contributed by atoms with Gasteiger partial charge in [0.05, 0.1) is 6.61 Å². The second-order valence-corrected chi connectivity index (χ2v) is 2.24. The topological polar surface area (TPSA) is 46.5 Å². The molecule has 0 saturated carbocycles. The molecule has 0 amide bonds. The molecule has 0 bridgehead atoms. The number of rotatable bonds is 2. The summed E-state index contributed by atoms with van der Waals surface area (Å²) in [7, 11) is 0. The van der Waals surface area contributed by atoms with Gasteiger partial charge in [-0.3, -0.25) is 0 Å². The zero-order valence-electron chi connectivity index (χ0n) is 7.49. The molecule has 0 saturated heterocycles. The van der Waals surface area contributed by atoms with E-state index in [1.54, 1.807) is 19.1 Å². The van der Waals surface area contributed by atoms with Crippen molar-refractivity contribution in [2.24, 2.45) is 0 Å². The number of aromatic hydroxyl groups is 1. The molecule has 0 spiro atoms. The summed E-state index contributed by atoms with van der Waals surface area (Å²) >= 11 is 0. The predicted octanol–water partition coefficient (Wildman–Crippen LogP) is 1.57. The van der Waals surface area contributed by atoms with E-state index in [0.717, 1.165) is 0 Å². The Hall–Kier alpha value is -0.887. The van der Waals surface area contributed by atoms with Crippen LogP contribution in [0.25, 0.3) is 0 Å². The van der Waals surface area contributed by atoms with Gasteiger partial charge in [0, 0.05) is 19.5 Å². The van der Waals surface area contributed by atoms with E-state index in [0.29, 0.717) is 6.61 Å². The molecule has 3 nitrogen and oxygen atoms in total. The van der Waals surface area contributed by atoms with Crippen LogP contribution in [0, 0.1) is 0 Å². The minimum atomic E-state index is -0.490. The maximum Gasteiger partial charge on any atom is 0.341 e. The first-order valence-electron chi connectivity index (χ1n) is 3.70. The Morgan fingerprint density at radius 3 is 2.62 bits per heavy atom. The number of para-hydroxylation sites is 1. The summed E-state index contributed by atoms with van der Waals surface area (Å²) in [4.78, 5) is 11.1. The number of carbonyl (C=O) groups excluding carboxylic acids is 1. The Morgan fingerprint density at radius 2 is 2.08 bits per heavy atom. The number of benzene rings is 1. The monoisotopic (exact) mass is 230 g/mol. The fraction of sp³-hybridized carbons (Fsp3) is 0.222. The van der Waals surface area contributed by atoms with Crippen molar-refractivity contribution >= 4 is 5.97 Å². The van der Waals surface area contributed by atoms with Gasteiger partial charge in [-0.25, -0.2) is 4.79 Å². The fourth-order valence-electron chi connectivity index (χ4n) is 0.855. The molecule has 0 aromatic heterocycles. The Labute approximate surface area is 89.5 Å². The molecule has 0 heterocycles. The Bertz CT molecular complexity index is 286. The third-order valence-electron chi connectivity index (χ3n) is 1.40. The Balaban J connectivity index is 0.00000144. The Kier molecular flexibility index (Phi) is 5.32. The summed E-state index contributed by atoms with van der Waals surface area (Å²) in [5, 5.41) is 9.21. The number of phenolic OH excluding ortho intramolecular Hbond substituents is 1. The van der Waals surface area contributed by atoms with Crippen LogP contribution in [0.2, 0.25) is 0 Å². The van der Waals surface area contributed by atoms with E-state index in [2.05, 4.69) is 0 Å². The van der Waals surface area contributed by atoms with Gasteiger partial charge >= 0.3 is 5.97 Å². The van der Waals surface area contributed by atoms with Crippen molar-refractivity contribution in [1.29, 1.82) is 0 Å². The summed E-state index contributed by atoms with van der Waals surface area (Å²) in [5.41, 5.74) is 0.208. The predicted molar refractivity (Wildman–Crippen MR) is 44.1 cm³/mol. The second kappa shape index (κ2) is 5.71. The summed E-state index contributed by atoms with van der Waals surface area (Å²) in [6.07, 6.45) is 0. The van der Waals surface area contributed by atoms with Crippen LogP contribution < -0.4 is 0 Å². The van der Waals surface area contributed by atoms with E-state index in [-0.39, 0.29) is 30.8 Å². The van der Waals surface area contributed by atoms with Crippen molar-refractivity contribution in [3.05, 3.63) is 29.8 Å². The summed E-state index contributed by atoms with van der Waals surface area (Å²) < 4.78 is 4.71. The van der Waals surface area contributed by atoms with Gasteiger partial charge < -0.3 is 9.84 Å². The summed E-state index contributed by atoms with van der Waals surface area (Å²) in [6.45, 7) is 2.03. The van der Waals surface area contributed by atoms with Crippen molar-refractivity contribution in [1.82, 2.24) is 0 Å².